The van der Waals surface area contributed by atoms with Crippen molar-refractivity contribution < 1.29 is 0 Å². The molecule has 0 radical (unpaired) electrons. The van der Waals surface area contributed by atoms with Gasteiger partial charge in [-0.1, -0.05) is 43.0 Å². The largest absolute Gasteiger partial charge is 0.330 e. The van der Waals surface area contributed by atoms with Gasteiger partial charge in [0.25, 0.3) is 0 Å². The van der Waals surface area contributed by atoms with E-state index in [9.17, 15) is 0 Å². The predicted molar refractivity (Wildman–Crippen MR) is 114 cm³/mol. The van der Waals surface area contributed by atoms with Crippen LogP contribution in [0.1, 0.15) is 62.8 Å². The lowest BCUT2D eigenvalue weighted by molar-refractivity contribution is 0.735. The summed E-state index contributed by atoms with van der Waals surface area (Å²) in [6, 6.07) is 4.00. The number of nitrogens with zero attached hydrogens (tertiary/aromatic N) is 3. The van der Waals surface area contributed by atoms with Crippen LogP contribution in [0.25, 0.3) is 15.4 Å². The van der Waals surface area contributed by atoms with Gasteiger partial charge in [0.05, 0.1) is 10.6 Å². The minimum atomic E-state index is 1.000. The molecule has 4 heteroatoms. The second-order valence-electron chi connectivity index (χ2n) is 6.88. The third kappa shape index (κ3) is 3.70. The van der Waals surface area contributed by atoms with Crippen LogP contribution in [-0.4, -0.2) is 14.5 Å². The summed E-state index contributed by atoms with van der Waals surface area (Å²) in [6.45, 7) is 10.8. The summed E-state index contributed by atoms with van der Waals surface area (Å²) < 4.78 is 2.28. The molecule has 136 valence electrons. The Balaban J connectivity index is 1.99. The number of imidazole rings is 1. The van der Waals surface area contributed by atoms with Gasteiger partial charge in [0.2, 0.25) is 0 Å². The van der Waals surface area contributed by atoms with Crippen molar-refractivity contribution in [2.75, 3.05) is 0 Å². The van der Waals surface area contributed by atoms with Crippen LogP contribution >= 0.6 is 11.8 Å². The summed E-state index contributed by atoms with van der Waals surface area (Å²) in [5, 5.41) is 0. The second-order valence-corrected chi connectivity index (χ2v) is 7.98. The van der Waals surface area contributed by atoms with Gasteiger partial charge in [-0.25, -0.2) is 4.98 Å². The number of fused-ring (bicyclic) bond motifs is 1. The average molecular weight is 366 g/mol. The number of thioether (sulfide) groups is 1. The number of pyridine rings is 1. The minimum Gasteiger partial charge on any atom is -0.330 e. The van der Waals surface area contributed by atoms with Crippen molar-refractivity contribution in [3.8, 4) is 0 Å². The quantitative estimate of drug-likeness (QED) is 0.641. The first-order chi connectivity index (χ1) is 12.5. The van der Waals surface area contributed by atoms with Crippen LogP contribution in [0.4, 0.5) is 0 Å². The Morgan fingerprint density at radius 3 is 2.81 bits per heavy atom. The number of hydrogen-bond donors (Lipinski definition) is 0. The maximum absolute atomic E-state index is 5.08. The second kappa shape index (κ2) is 8.09. The first kappa shape index (κ1) is 18.7. The molecule has 3 rings (SSSR count). The summed E-state index contributed by atoms with van der Waals surface area (Å²) in [5.74, 6) is 1.05. The third-order valence-corrected chi connectivity index (χ3v) is 5.97. The molecule has 0 saturated carbocycles. The Bertz CT molecular complexity index is 868. The van der Waals surface area contributed by atoms with E-state index in [2.05, 4.69) is 56.1 Å². The molecule has 0 amide bonds. The molecule has 0 fully saturated rings. The summed E-state index contributed by atoms with van der Waals surface area (Å²) in [5.41, 5.74) is 6.27. The van der Waals surface area contributed by atoms with Gasteiger partial charge >= 0.3 is 0 Å². The molecule has 0 N–H and O–H groups in total. The number of hydrogen-bond acceptors (Lipinski definition) is 3. The topological polar surface area (TPSA) is 30.7 Å². The van der Waals surface area contributed by atoms with Crippen LogP contribution in [-0.2, 0) is 13.5 Å². The zero-order valence-electron chi connectivity index (χ0n) is 16.2. The third-order valence-electron chi connectivity index (χ3n) is 4.69. The summed E-state index contributed by atoms with van der Waals surface area (Å²) in [7, 11) is 2.15. The Hall–Kier alpha value is -2.07. The zero-order valence-corrected chi connectivity index (χ0v) is 17.0. The van der Waals surface area contributed by atoms with Gasteiger partial charge < -0.3 is 4.57 Å². The Labute approximate surface area is 161 Å². The normalized spacial score (nSPS) is 15.0. The van der Waals surface area contributed by atoms with Crippen molar-refractivity contribution in [2.24, 2.45) is 7.05 Å². The van der Waals surface area contributed by atoms with E-state index in [0.29, 0.717) is 0 Å². The Kier molecular flexibility index (Phi) is 5.82. The van der Waals surface area contributed by atoms with Gasteiger partial charge in [-0.3, -0.25) is 4.98 Å². The van der Waals surface area contributed by atoms with E-state index in [1.54, 1.807) is 18.0 Å². The van der Waals surface area contributed by atoms with E-state index < -0.39 is 0 Å². The van der Waals surface area contributed by atoms with E-state index in [-0.39, 0.29) is 0 Å². The lowest BCUT2D eigenvalue weighted by Gasteiger charge is -2.15. The van der Waals surface area contributed by atoms with Crippen molar-refractivity contribution in [3.05, 3.63) is 65.5 Å². The first-order valence-electron chi connectivity index (χ1n) is 9.22. The lowest BCUT2D eigenvalue weighted by atomic mass is 9.95. The Morgan fingerprint density at radius 1 is 1.35 bits per heavy atom. The van der Waals surface area contributed by atoms with Gasteiger partial charge in [-0.05, 0) is 51.2 Å². The molecular weight excluding hydrogens is 338 g/mol. The van der Waals surface area contributed by atoms with E-state index in [4.69, 9.17) is 4.98 Å². The van der Waals surface area contributed by atoms with E-state index in [1.165, 1.54) is 33.9 Å². The molecule has 2 heterocycles. The molecule has 0 atom stereocenters. The molecule has 2 aromatic rings. The molecule has 26 heavy (non-hydrogen) atoms. The molecule has 0 saturated heterocycles. The van der Waals surface area contributed by atoms with Crippen LogP contribution < -0.4 is 0 Å². The molecule has 0 bridgehead atoms. The standard InChI is InChI=1S/C22H27N3S/c1-6-9-17-10-7-12-19-20(17)24-22(25(19)5)21(15(2)3)26-16(4)18-11-8-13-23-14-18/h8-9,11,13-14H,4,6-7,10,12H2,1-3,5H3/b17-9-. The predicted octanol–water partition coefficient (Wildman–Crippen LogP) is 6.10. The van der Waals surface area contributed by atoms with Crippen LogP contribution in [0.5, 0.6) is 0 Å². The van der Waals surface area contributed by atoms with Gasteiger partial charge in [0, 0.05) is 35.6 Å². The van der Waals surface area contributed by atoms with Crippen molar-refractivity contribution in [1.82, 2.24) is 14.5 Å². The summed E-state index contributed by atoms with van der Waals surface area (Å²) in [6.07, 6.45) is 10.5. The van der Waals surface area contributed by atoms with Crippen molar-refractivity contribution in [3.63, 3.8) is 0 Å². The van der Waals surface area contributed by atoms with Crippen LogP contribution in [0.15, 0.2) is 42.8 Å². The fourth-order valence-electron chi connectivity index (χ4n) is 3.37. The number of rotatable bonds is 5. The highest BCUT2D eigenvalue weighted by Gasteiger charge is 2.24. The lowest BCUT2D eigenvalue weighted by Crippen LogP contribution is -2.06. The maximum atomic E-state index is 5.08. The molecule has 1 aliphatic carbocycles. The smallest absolute Gasteiger partial charge is 0.147 e. The van der Waals surface area contributed by atoms with Crippen molar-refractivity contribution >= 4 is 27.1 Å². The molecular formula is C22H27N3S. The van der Waals surface area contributed by atoms with Gasteiger partial charge in [0.1, 0.15) is 5.82 Å². The fourth-order valence-corrected chi connectivity index (χ4v) is 4.33. The van der Waals surface area contributed by atoms with Crippen molar-refractivity contribution in [1.29, 1.82) is 0 Å². The van der Waals surface area contributed by atoms with Crippen LogP contribution in [0, 0.1) is 0 Å². The average Bonchev–Trinajstić information content (AvgIpc) is 2.98. The highest BCUT2D eigenvalue weighted by molar-refractivity contribution is 8.16. The van der Waals surface area contributed by atoms with Crippen LogP contribution in [0.3, 0.4) is 0 Å². The minimum absolute atomic E-state index is 1.000. The summed E-state index contributed by atoms with van der Waals surface area (Å²) >= 11 is 1.69. The van der Waals surface area contributed by atoms with E-state index in [1.807, 2.05) is 12.3 Å². The van der Waals surface area contributed by atoms with Crippen molar-refractivity contribution in [2.45, 2.75) is 46.5 Å². The highest BCUT2D eigenvalue weighted by atomic mass is 32.2. The first-order valence-corrected chi connectivity index (χ1v) is 10.0. The van der Waals surface area contributed by atoms with Crippen LogP contribution in [0.2, 0.25) is 0 Å². The molecule has 0 unspecified atom stereocenters. The molecule has 3 nitrogen and oxygen atoms in total. The SMILES string of the molecule is C=C(SC(=C(C)C)c1nc2c(n1C)CCC/C2=C/CC)c1cccnc1. The van der Waals surface area contributed by atoms with Gasteiger partial charge in [-0.2, -0.15) is 0 Å². The maximum Gasteiger partial charge on any atom is 0.147 e. The van der Waals surface area contributed by atoms with E-state index in [0.717, 1.165) is 35.6 Å². The monoisotopic (exact) mass is 365 g/mol. The molecule has 2 aromatic heterocycles. The molecule has 1 aliphatic rings. The Morgan fingerprint density at radius 2 is 2.15 bits per heavy atom. The molecule has 0 spiro atoms. The number of aromatic nitrogens is 3. The molecule has 0 aromatic carbocycles. The molecule has 0 aliphatic heterocycles. The van der Waals surface area contributed by atoms with E-state index >= 15 is 0 Å². The highest BCUT2D eigenvalue weighted by Crippen LogP contribution is 2.41. The zero-order chi connectivity index (χ0) is 18.7. The summed E-state index contributed by atoms with van der Waals surface area (Å²) in [4.78, 5) is 11.5. The van der Waals surface area contributed by atoms with Gasteiger partial charge in [0.15, 0.2) is 0 Å². The van der Waals surface area contributed by atoms with Gasteiger partial charge in [-0.15, -0.1) is 0 Å². The fraction of sp³-hybridized carbons (Fsp3) is 0.364. The number of allylic oxidation sites excluding steroid dienone is 3.